The quantitative estimate of drug-likeness (QED) is 0.0751. The minimum absolute atomic E-state index is 0.129. The van der Waals surface area contributed by atoms with Crippen molar-refractivity contribution in [2.24, 2.45) is 16.2 Å². The predicted molar refractivity (Wildman–Crippen MR) is 307 cm³/mol. The Morgan fingerprint density at radius 3 is 0.744 bits per heavy atom. The fourth-order valence-corrected chi connectivity index (χ4v) is 9.64. The van der Waals surface area contributed by atoms with E-state index in [0.717, 1.165) is 0 Å². The summed E-state index contributed by atoms with van der Waals surface area (Å²) in [4.78, 5) is 87.2. The van der Waals surface area contributed by atoms with Gasteiger partial charge in [-0.25, -0.2) is 28.1 Å². The molecule has 1 heterocycles. The molecule has 0 saturated carbocycles. The second-order valence-electron chi connectivity index (χ2n) is 28.4. The molecule has 3 aromatic carbocycles. The lowest BCUT2D eigenvalue weighted by molar-refractivity contribution is -0.156. The SMILES string of the molecule is CC(C(=O)OC(C)n1c(=O)n(C(C)OC(=O)C(C)c2cc(CC(C)(C)C)c(O)c(C(C)(C)C)c2)c(=O)n(C(C)OC(=O)C(C)c2cc(CC(C)(C)C)c(O)c(C(C)(C)C)c2)c1=O)c1cc(CC(C)(C)C)c(O)c(C(C)(C)C)c1. The number of phenols is 3. The largest absolute Gasteiger partial charge is 0.507 e. The van der Waals surface area contributed by atoms with E-state index in [4.69, 9.17) is 14.2 Å². The first-order valence-electron chi connectivity index (χ1n) is 27.4. The summed E-state index contributed by atoms with van der Waals surface area (Å²) in [6, 6.07) is 10.5. The maximum absolute atomic E-state index is 14.8. The molecule has 0 saturated heterocycles. The van der Waals surface area contributed by atoms with Crippen molar-refractivity contribution in [3.05, 3.63) is 118 Å². The second-order valence-corrected chi connectivity index (χ2v) is 28.4. The van der Waals surface area contributed by atoms with Crippen LogP contribution >= 0.6 is 0 Å². The number of carbonyl (C=O) groups excluding carboxylic acids is 3. The lowest BCUT2D eigenvalue weighted by Crippen LogP contribution is -2.57. The van der Waals surface area contributed by atoms with Gasteiger partial charge in [0.1, 0.15) is 17.2 Å². The van der Waals surface area contributed by atoms with E-state index in [1.54, 1.807) is 57.2 Å². The summed E-state index contributed by atoms with van der Waals surface area (Å²) >= 11 is 0. The third kappa shape index (κ3) is 15.4. The van der Waals surface area contributed by atoms with Crippen molar-refractivity contribution >= 4 is 17.9 Å². The molecule has 6 atom stereocenters. The lowest BCUT2D eigenvalue weighted by atomic mass is 9.79. The minimum Gasteiger partial charge on any atom is -0.507 e. The number of aromatic hydroxyl groups is 3. The molecule has 78 heavy (non-hydrogen) atoms. The van der Waals surface area contributed by atoms with Gasteiger partial charge in [-0.1, -0.05) is 161 Å². The highest BCUT2D eigenvalue weighted by molar-refractivity contribution is 5.79. The van der Waals surface area contributed by atoms with Crippen LogP contribution in [0.4, 0.5) is 0 Å². The summed E-state index contributed by atoms with van der Waals surface area (Å²) in [5, 5.41) is 34.3. The zero-order valence-corrected chi connectivity index (χ0v) is 51.4. The molecular formula is C63H93N3O12. The number of aromatic nitrogens is 3. The molecule has 15 heteroatoms. The van der Waals surface area contributed by atoms with Crippen LogP contribution in [0, 0.1) is 16.2 Å². The highest BCUT2D eigenvalue weighted by Gasteiger charge is 2.35. The Labute approximate surface area is 463 Å². The molecule has 0 aliphatic rings. The number of esters is 3. The van der Waals surface area contributed by atoms with Gasteiger partial charge in [0.2, 0.25) is 0 Å². The van der Waals surface area contributed by atoms with E-state index in [-0.39, 0.29) is 33.5 Å². The molecule has 0 aliphatic heterocycles. The molecule has 15 nitrogen and oxygen atoms in total. The van der Waals surface area contributed by atoms with Crippen LogP contribution in [-0.2, 0) is 64.1 Å². The standard InChI is InChI=1S/C63H93N3O12/c1-34(40-25-43(31-58(7,8)9)49(67)46(28-40)61(16,17)18)52(70)76-37(4)64-55(73)65(38(5)77-53(71)35(2)41-26-44(32-59(10,11)12)50(68)47(29-41)62(19,20)21)57(75)66(56(64)74)39(6)78-54(72)36(3)42-27-45(33-60(13,14)15)51(69)48(30-42)63(22,23)24/h25-30,34-39,67-69H,31-33H2,1-24H3. The molecule has 6 unspecified atom stereocenters. The molecule has 0 radical (unpaired) electrons. The maximum Gasteiger partial charge on any atom is 0.342 e. The molecule has 432 valence electrons. The van der Waals surface area contributed by atoms with Crippen molar-refractivity contribution in [1.82, 2.24) is 13.7 Å². The summed E-state index contributed by atoms with van der Waals surface area (Å²) in [6.45, 7) is 44.5. The Morgan fingerprint density at radius 2 is 0.577 bits per heavy atom. The van der Waals surface area contributed by atoms with Crippen LogP contribution in [0.25, 0.3) is 0 Å². The molecule has 4 aromatic rings. The van der Waals surface area contributed by atoms with Gasteiger partial charge in [0.25, 0.3) is 0 Å². The van der Waals surface area contributed by atoms with Gasteiger partial charge in [-0.05, 0) is 143 Å². The van der Waals surface area contributed by atoms with E-state index in [2.05, 4.69) is 0 Å². The highest BCUT2D eigenvalue weighted by atomic mass is 16.6. The van der Waals surface area contributed by atoms with Crippen molar-refractivity contribution in [2.75, 3.05) is 0 Å². The number of hydrogen-bond donors (Lipinski definition) is 3. The number of rotatable bonds is 15. The van der Waals surface area contributed by atoms with E-state index < -0.39 is 87.7 Å². The number of ether oxygens (including phenoxy) is 3. The van der Waals surface area contributed by atoms with Crippen LogP contribution in [0.3, 0.4) is 0 Å². The first kappa shape index (κ1) is 64.4. The van der Waals surface area contributed by atoms with Gasteiger partial charge in [-0.2, -0.15) is 0 Å². The summed E-state index contributed by atoms with van der Waals surface area (Å²) in [5.41, 5.74) is -0.756. The van der Waals surface area contributed by atoms with E-state index in [1.807, 2.05) is 125 Å². The van der Waals surface area contributed by atoms with Crippen molar-refractivity contribution in [3.63, 3.8) is 0 Å². The molecule has 0 bridgehead atoms. The average Bonchev–Trinajstić information content (AvgIpc) is 3.24. The Balaban J connectivity index is 1.89. The van der Waals surface area contributed by atoms with E-state index in [0.29, 0.717) is 83.0 Å². The van der Waals surface area contributed by atoms with Gasteiger partial charge in [0.15, 0.2) is 18.7 Å². The molecule has 0 aliphatic carbocycles. The fraction of sp³-hybridized carbons (Fsp3) is 0.619. The first-order valence-corrected chi connectivity index (χ1v) is 27.4. The van der Waals surface area contributed by atoms with Gasteiger partial charge >= 0.3 is 35.0 Å². The molecule has 4 rings (SSSR count). The topological polar surface area (TPSA) is 206 Å². The smallest absolute Gasteiger partial charge is 0.342 e. The van der Waals surface area contributed by atoms with E-state index in [1.165, 1.54) is 20.8 Å². The van der Waals surface area contributed by atoms with Crippen LogP contribution in [0.5, 0.6) is 17.2 Å². The average molecular weight is 1080 g/mol. The minimum atomic E-state index is -1.68. The summed E-state index contributed by atoms with van der Waals surface area (Å²) in [7, 11) is 0. The zero-order chi connectivity index (χ0) is 60.1. The Bertz CT molecular complexity index is 2720. The number of phenolic OH excluding ortho intramolecular Hbond substituents is 3. The van der Waals surface area contributed by atoms with Gasteiger partial charge in [0, 0.05) is 0 Å². The lowest BCUT2D eigenvalue weighted by Gasteiger charge is -2.28. The molecular weight excluding hydrogens is 991 g/mol. The van der Waals surface area contributed by atoms with Gasteiger partial charge in [0.05, 0.1) is 17.8 Å². The normalized spacial score (nSPS) is 15.2. The summed E-state index contributed by atoms with van der Waals surface area (Å²) in [6.07, 6.45) is -3.58. The Hall–Kier alpha value is -6.12. The van der Waals surface area contributed by atoms with Crippen LogP contribution in [0.1, 0.15) is 253 Å². The first-order chi connectivity index (χ1) is 35.2. The van der Waals surface area contributed by atoms with Crippen molar-refractivity contribution in [3.8, 4) is 17.2 Å². The monoisotopic (exact) mass is 1080 g/mol. The summed E-state index contributed by atoms with van der Waals surface area (Å²) in [5.74, 6) is -5.07. The van der Waals surface area contributed by atoms with Crippen molar-refractivity contribution < 1.29 is 43.9 Å². The fourth-order valence-electron chi connectivity index (χ4n) is 9.64. The zero-order valence-electron chi connectivity index (χ0n) is 51.4. The number of benzene rings is 3. The van der Waals surface area contributed by atoms with Crippen LogP contribution in [0.15, 0.2) is 50.8 Å². The van der Waals surface area contributed by atoms with Gasteiger partial charge < -0.3 is 29.5 Å². The number of nitrogens with zero attached hydrogens (tertiary/aromatic N) is 3. The summed E-state index contributed by atoms with van der Waals surface area (Å²) < 4.78 is 19.4. The molecule has 3 N–H and O–H groups in total. The number of carbonyl (C=O) groups is 3. The van der Waals surface area contributed by atoms with Crippen LogP contribution in [-0.4, -0.2) is 46.9 Å². The maximum atomic E-state index is 14.8. The molecule has 0 amide bonds. The van der Waals surface area contributed by atoms with Crippen LogP contribution < -0.4 is 17.1 Å². The predicted octanol–water partition coefficient (Wildman–Crippen LogP) is 12.5. The van der Waals surface area contributed by atoms with Crippen molar-refractivity contribution in [2.45, 2.75) is 238 Å². The van der Waals surface area contributed by atoms with Gasteiger partial charge in [-0.15, -0.1) is 0 Å². The molecule has 1 aromatic heterocycles. The highest BCUT2D eigenvalue weighted by Crippen LogP contribution is 2.42. The Kier molecular flexibility index (Phi) is 18.9. The molecule has 0 spiro atoms. The van der Waals surface area contributed by atoms with E-state index in [9.17, 15) is 44.1 Å². The van der Waals surface area contributed by atoms with Crippen molar-refractivity contribution in [1.29, 1.82) is 0 Å². The molecule has 0 fully saturated rings. The third-order valence-corrected chi connectivity index (χ3v) is 14.0. The second kappa shape index (κ2) is 22.9. The van der Waals surface area contributed by atoms with E-state index >= 15 is 0 Å². The third-order valence-electron chi connectivity index (χ3n) is 14.0. The van der Waals surface area contributed by atoms with Gasteiger partial charge in [-0.3, -0.25) is 14.4 Å². The Morgan fingerprint density at radius 1 is 0.385 bits per heavy atom. The van der Waals surface area contributed by atoms with Crippen LogP contribution in [0.2, 0.25) is 0 Å². The number of hydrogen-bond acceptors (Lipinski definition) is 12.